The summed E-state index contributed by atoms with van der Waals surface area (Å²) in [6.45, 7) is 9.54. The monoisotopic (exact) mass is 351 g/mol. The molecule has 2 aromatic rings. The minimum Gasteiger partial charge on any atom is -0.324 e. The number of nitrogens with one attached hydrogen (secondary N) is 1. The Bertz CT molecular complexity index is 709. The molecule has 138 valence electrons. The van der Waals surface area contributed by atoms with Crippen molar-refractivity contribution in [1.29, 1.82) is 0 Å². The number of carbonyl (C=O) groups is 1. The molecule has 0 radical (unpaired) electrons. The molecule has 0 atom stereocenters. The topological polar surface area (TPSA) is 35.6 Å². The maximum atomic E-state index is 12.5. The number of benzene rings is 2. The first-order chi connectivity index (χ1) is 12.6. The Kier molecular flexibility index (Phi) is 6.42. The second-order valence-corrected chi connectivity index (χ2v) is 7.21. The van der Waals surface area contributed by atoms with Crippen LogP contribution in [0.15, 0.2) is 48.5 Å². The van der Waals surface area contributed by atoms with E-state index >= 15 is 0 Å². The summed E-state index contributed by atoms with van der Waals surface area (Å²) in [5, 5.41) is 3.10. The SMILES string of the molecule is Cc1cccc(C)c1NC(=O)CN1CCCN(Cc2ccccc2)CC1. The molecule has 0 aromatic heterocycles. The minimum atomic E-state index is 0.0823. The number of rotatable bonds is 5. The Morgan fingerprint density at radius 2 is 1.54 bits per heavy atom. The van der Waals surface area contributed by atoms with E-state index in [1.807, 2.05) is 32.0 Å². The van der Waals surface area contributed by atoms with E-state index in [1.54, 1.807) is 0 Å². The van der Waals surface area contributed by atoms with Gasteiger partial charge in [0.25, 0.3) is 0 Å². The molecule has 1 amide bonds. The Morgan fingerprint density at radius 1 is 0.885 bits per heavy atom. The molecule has 0 saturated carbocycles. The molecule has 1 saturated heterocycles. The molecule has 1 N–H and O–H groups in total. The lowest BCUT2D eigenvalue weighted by Crippen LogP contribution is -2.36. The fourth-order valence-corrected chi connectivity index (χ4v) is 3.58. The third kappa shape index (κ3) is 5.16. The first-order valence-corrected chi connectivity index (χ1v) is 9.46. The van der Waals surface area contributed by atoms with Crippen LogP contribution >= 0.6 is 0 Å². The van der Waals surface area contributed by atoms with Crippen molar-refractivity contribution in [2.75, 3.05) is 38.0 Å². The Balaban J connectivity index is 1.50. The molecule has 1 heterocycles. The van der Waals surface area contributed by atoms with Crippen molar-refractivity contribution in [3.8, 4) is 0 Å². The molecule has 1 aliphatic rings. The molecule has 0 bridgehead atoms. The van der Waals surface area contributed by atoms with E-state index in [-0.39, 0.29) is 5.91 Å². The number of nitrogens with zero attached hydrogens (tertiary/aromatic N) is 2. The van der Waals surface area contributed by atoms with Gasteiger partial charge >= 0.3 is 0 Å². The van der Waals surface area contributed by atoms with Gasteiger partial charge in [0, 0.05) is 25.3 Å². The van der Waals surface area contributed by atoms with Crippen molar-refractivity contribution in [1.82, 2.24) is 9.80 Å². The van der Waals surface area contributed by atoms with Crippen molar-refractivity contribution >= 4 is 11.6 Å². The zero-order chi connectivity index (χ0) is 18.4. The molecule has 26 heavy (non-hydrogen) atoms. The van der Waals surface area contributed by atoms with Gasteiger partial charge in [-0.2, -0.15) is 0 Å². The van der Waals surface area contributed by atoms with Gasteiger partial charge < -0.3 is 5.32 Å². The van der Waals surface area contributed by atoms with E-state index in [0.717, 1.165) is 56.0 Å². The highest BCUT2D eigenvalue weighted by molar-refractivity contribution is 5.93. The number of amides is 1. The molecular weight excluding hydrogens is 322 g/mol. The minimum absolute atomic E-state index is 0.0823. The van der Waals surface area contributed by atoms with E-state index < -0.39 is 0 Å². The molecule has 0 spiro atoms. The van der Waals surface area contributed by atoms with Crippen LogP contribution in [-0.2, 0) is 11.3 Å². The number of hydrogen-bond acceptors (Lipinski definition) is 3. The molecule has 1 aliphatic heterocycles. The van der Waals surface area contributed by atoms with Gasteiger partial charge in [-0.3, -0.25) is 14.6 Å². The maximum Gasteiger partial charge on any atom is 0.238 e. The summed E-state index contributed by atoms with van der Waals surface area (Å²) in [6, 6.07) is 16.7. The smallest absolute Gasteiger partial charge is 0.238 e. The van der Waals surface area contributed by atoms with Crippen molar-refractivity contribution in [2.24, 2.45) is 0 Å². The van der Waals surface area contributed by atoms with Crippen LogP contribution < -0.4 is 5.32 Å². The van der Waals surface area contributed by atoms with Gasteiger partial charge in [-0.05, 0) is 50.0 Å². The highest BCUT2D eigenvalue weighted by atomic mass is 16.2. The van der Waals surface area contributed by atoms with Gasteiger partial charge in [-0.25, -0.2) is 0 Å². The highest BCUT2D eigenvalue weighted by Gasteiger charge is 2.18. The Morgan fingerprint density at radius 3 is 2.27 bits per heavy atom. The Hall–Kier alpha value is -2.17. The third-order valence-electron chi connectivity index (χ3n) is 5.04. The summed E-state index contributed by atoms with van der Waals surface area (Å²) in [7, 11) is 0. The van der Waals surface area contributed by atoms with E-state index in [0.29, 0.717) is 6.54 Å². The number of aryl methyl sites for hydroxylation is 2. The van der Waals surface area contributed by atoms with Crippen LogP contribution in [0.5, 0.6) is 0 Å². The predicted octanol–water partition coefficient (Wildman–Crippen LogP) is 3.45. The zero-order valence-electron chi connectivity index (χ0n) is 15.9. The van der Waals surface area contributed by atoms with Crippen molar-refractivity contribution < 1.29 is 4.79 Å². The first-order valence-electron chi connectivity index (χ1n) is 9.46. The van der Waals surface area contributed by atoms with Crippen molar-refractivity contribution in [3.63, 3.8) is 0 Å². The number of anilines is 1. The van der Waals surface area contributed by atoms with Crippen molar-refractivity contribution in [2.45, 2.75) is 26.8 Å². The Labute approximate surface area is 156 Å². The molecule has 3 rings (SSSR count). The van der Waals surface area contributed by atoms with Gasteiger partial charge in [0.05, 0.1) is 6.54 Å². The number of hydrogen-bond donors (Lipinski definition) is 1. The van der Waals surface area contributed by atoms with Gasteiger partial charge in [0.2, 0.25) is 5.91 Å². The largest absolute Gasteiger partial charge is 0.324 e. The average Bonchev–Trinajstić information content (AvgIpc) is 2.84. The predicted molar refractivity (Wildman–Crippen MR) is 107 cm³/mol. The lowest BCUT2D eigenvalue weighted by molar-refractivity contribution is -0.117. The van der Waals surface area contributed by atoms with Crippen molar-refractivity contribution in [3.05, 3.63) is 65.2 Å². The summed E-state index contributed by atoms with van der Waals surface area (Å²) in [5.74, 6) is 0.0823. The van der Waals surface area contributed by atoms with E-state index in [9.17, 15) is 4.79 Å². The summed E-state index contributed by atoms with van der Waals surface area (Å²) in [6.07, 6.45) is 1.10. The van der Waals surface area contributed by atoms with Crippen LogP contribution in [0.3, 0.4) is 0 Å². The maximum absolute atomic E-state index is 12.5. The molecule has 1 fully saturated rings. The number of para-hydroxylation sites is 1. The molecule has 4 heteroatoms. The van der Waals surface area contributed by atoms with E-state index in [4.69, 9.17) is 0 Å². The van der Waals surface area contributed by atoms with Gasteiger partial charge in [0.15, 0.2) is 0 Å². The fraction of sp³-hybridized carbons (Fsp3) is 0.409. The van der Waals surface area contributed by atoms with Crippen LogP contribution in [0.4, 0.5) is 5.69 Å². The zero-order valence-corrected chi connectivity index (χ0v) is 15.9. The molecule has 0 aliphatic carbocycles. The molecule has 0 unspecified atom stereocenters. The fourth-order valence-electron chi connectivity index (χ4n) is 3.58. The normalized spacial score (nSPS) is 16.2. The van der Waals surface area contributed by atoms with Crippen LogP contribution in [0.25, 0.3) is 0 Å². The lowest BCUT2D eigenvalue weighted by atomic mass is 10.1. The van der Waals surface area contributed by atoms with E-state index in [2.05, 4.69) is 45.4 Å². The van der Waals surface area contributed by atoms with Crippen LogP contribution in [0.2, 0.25) is 0 Å². The first kappa shape index (κ1) is 18.6. The van der Waals surface area contributed by atoms with Crippen LogP contribution in [-0.4, -0.2) is 48.4 Å². The second kappa shape index (κ2) is 8.97. The average molecular weight is 351 g/mol. The summed E-state index contributed by atoms with van der Waals surface area (Å²) in [4.78, 5) is 17.3. The lowest BCUT2D eigenvalue weighted by Gasteiger charge is -2.22. The van der Waals surface area contributed by atoms with Gasteiger partial charge in [0.1, 0.15) is 0 Å². The van der Waals surface area contributed by atoms with E-state index in [1.165, 1.54) is 5.56 Å². The summed E-state index contributed by atoms with van der Waals surface area (Å²) >= 11 is 0. The third-order valence-corrected chi connectivity index (χ3v) is 5.04. The van der Waals surface area contributed by atoms with Gasteiger partial charge in [-0.1, -0.05) is 48.5 Å². The quantitative estimate of drug-likeness (QED) is 0.896. The summed E-state index contributed by atoms with van der Waals surface area (Å²) < 4.78 is 0. The second-order valence-electron chi connectivity index (χ2n) is 7.21. The highest BCUT2D eigenvalue weighted by Crippen LogP contribution is 2.19. The van der Waals surface area contributed by atoms with Gasteiger partial charge in [-0.15, -0.1) is 0 Å². The standard InChI is InChI=1S/C22H29N3O/c1-18-8-6-9-19(2)22(18)23-21(26)17-25-13-7-12-24(14-15-25)16-20-10-4-3-5-11-20/h3-6,8-11H,7,12-17H2,1-2H3,(H,23,26). The number of carbonyl (C=O) groups excluding carboxylic acids is 1. The van der Waals surface area contributed by atoms with Crippen LogP contribution in [0, 0.1) is 13.8 Å². The van der Waals surface area contributed by atoms with Crippen LogP contribution in [0.1, 0.15) is 23.1 Å². The molecule has 2 aromatic carbocycles. The molecule has 4 nitrogen and oxygen atoms in total. The summed E-state index contributed by atoms with van der Waals surface area (Å²) in [5.41, 5.74) is 4.54. The molecular formula is C22H29N3O.